The number of hydrogen-bond donors (Lipinski definition) is 2. The van der Waals surface area contributed by atoms with Crippen LogP contribution in [0.4, 0.5) is 0 Å². The minimum absolute atomic E-state index is 0.00881. The van der Waals surface area contributed by atoms with Gasteiger partial charge in [0.05, 0.1) is 19.1 Å². The zero-order valence-electron chi connectivity index (χ0n) is 12.6. The summed E-state index contributed by atoms with van der Waals surface area (Å²) in [7, 11) is 1.51. The van der Waals surface area contributed by atoms with Crippen molar-refractivity contribution < 1.29 is 23.8 Å². The molecule has 122 valence electrons. The second-order valence-electron chi connectivity index (χ2n) is 5.19. The van der Waals surface area contributed by atoms with Crippen LogP contribution in [0.1, 0.15) is 29.5 Å². The van der Waals surface area contributed by atoms with Gasteiger partial charge in [0, 0.05) is 0 Å². The van der Waals surface area contributed by atoms with E-state index in [0.29, 0.717) is 11.3 Å². The minimum Gasteiger partial charge on any atom is -0.497 e. The van der Waals surface area contributed by atoms with Gasteiger partial charge in [-0.1, -0.05) is 12.1 Å². The van der Waals surface area contributed by atoms with Crippen LogP contribution in [0, 0.1) is 0 Å². The maximum atomic E-state index is 12.3. The summed E-state index contributed by atoms with van der Waals surface area (Å²) in [6.07, 6.45) is -0.305. The molecule has 2 aromatic rings. The first kappa shape index (κ1) is 16.9. The smallest absolute Gasteiger partial charge is 0.306 e. The first-order chi connectivity index (χ1) is 10.8. The van der Waals surface area contributed by atoms with Crippen molar-refractivity contribution in [1.29, 1.82) is 0 Å². The van der Waals surface area contributed by atoms with Crippen molar-refractivity contribution in [1.82, 2.24) is 5.32 Å². The van der Waals surface area contributed by atoms with Gasteiger partial charge in [0.1, 0.15) is 5.75 Å². The Hall–Kier alpha value is -2.47. The molecule has 0 fully saturated rings. The number of halogens is 1. The van der Waals surface area contributed by atoms with Crippen LogP contribution < -0.4 is 10.1 Å². The van der Waals surface area contributed by atoms with Gasteiger partial charge in [0.2, 0.25) is 0 Å². The molecule has 6 nitrogen and oxygen atoms in total. The molecule has 0 aliphatic carbocycles. The maximum absolute atomic E-state index is 12.3. The Morgan fingerprint density at radius 1 is 1.35 bits per heavy atom. The lowest BCUT2D eigenvalue weighted by Gasteiger charge is -2.29. The number of hydrogen-bond acceptors (Lipinski definition) is 4. The molecule has 1 amide bonds. The van der Waals surface area contributed by atoms with Crippen LogP contribution in [-0.4, -0.2) is 24.1 Å². The highest BCUT2D eigenvalue weighted by molar-refractivity contribution is 6.29. The molecule has 0 radical (unpaired) electrons. The third kappa shape index (κ3) is 4.04. The SMILES string of the molecule is COc1cccc(C(C)(CC(=O)O)NC(=O)c2ccc(Cl)o2)c1. The van der Waals surface area contributed by atoms with E-state index in [-0.39, 0.29) is 17.4 Å². The Morgan fingerprint density at radius 2 is 2.09 bits per heavy atom. The van der Waals surface area contributed by atoms with E-state index in [9.17, 15) is 14.7 Å². The summed E-state index contributed by atoms with van der Waals surface area (Å²) in [6.45, 7) is 1.62. The van der Waals surface area contributed by atoms with Gasteiger partial charge in [-0.25, -0.2) is 0 Å². The lowest BCUT2D eigenvalue weighted by Crippen LogP contribution is -2.45. The average Bonchev–Trinajstić information content (AvgIpc) is 2.93. The fourth-order valence-electron chi connectivity index (χ4n) is 2.24. The highest BCUT2D eigenvalue weighted by atomic mass is 35.5. The Kier molecular flexibility index (Phi) is 4.95. The van der Waals surface area contributed by atoms with Gasteiger partial charge in [-0.3, -0.25) is 9.59 Å². The molecule has 0 spiro atoms. The maximum Gasteiger partial charge on any atom is 0.306 e. The number of carbonyl (C=O) groups excluding carboxylic acids is 1. The summed E-state index contributed by atoms with van der Waals surface area (Å²) in [4.78, 5) is 23.5. The molecular formula is C16H16ClNO5. The van der Waals surface area contributed by atoms with Gasteiger partial charge >= 0.3 is 5.97 Å². The fourth-order valence-corrected chi connectivity index (χ4v) is 2.38. The number of nitrogens with one attached hydrogen (secondary N) is 1. The molecule has 0 saturated heterocycles. The van der Waals surface area contributed by atoms with E-state index in [2.05, 4.69) is 5.32 Å². The van der Waals surface area contributed by atoms with Crippen molar-refractivity contribution in [2.75, 3.05) is 7.11 Å². The van der Waals surface area contributed by atoms with Crippen molar-refractivity contribution >= 4 is 23.5 Å². The summed E-state index contributed by atoms with van der Waals surface area (Å²) < 4.78 is 10.2. The number of amides is 1. The second-order valence-corrected chi connectivity index (χ2v) is 5.56. The van der Waals surface area contributed by atoms with Gasteiger partial charge in [-0.15, -0.1) is 0 Å². The molecule has 1 atom stereocenters. The summed E-state index contributed by atoms with van der Waals surface area (Å²) in [5.41, 5.74) is -0.540. The Morgan fingerprint density at radius 3 is 2.65 bits per heavy atom. The van der Waals surface area contributed by atoms with Crippen molar-refractivity contribution in [2.24, 2.45) is 0 Å². The minimum atomic E-state index is -1.14. The molecule has 1 heterocycles. The summed E-state index contributed by atoms with van der Waals surface area (Å²) >= 11 is 5.66. The first-order valence-electron chi connectivity index (χ1n) is 6.78. The molecule has 0 saturated carbocycles. The number of carbonyl (C=O) groups is 2. The molecule has 7 heteroatoms. The lowest BCUT2D eigenvalue weighted by atomic mass is 9.88. The molecule has 1 aromatic carbocycles. The topological polar surface area (TPSA) is 88.8 Å². The number of benzene rings is 1. The molecule has 2 N–H and O–H groups in total. The van der Waals surface area contributed by atoms with E-state index < -0.39 is 17.4 Å². The molecule has 1 aromatic heterocycles. The summed E-state index contributed by atoms with van der Waals surface area (Å²) in [5.74, 6) is -1.03. The zero-order valence-corrected chi connectivity index (χ0v) is 13.4. The third-order valence-corrected chi connectivity index (χ3v) is 3.60. The van der Waals surface area contributed by atoms with E-state index in [0.717, 1.165) is 0 Å². The Balaban J connectivity index is 2.34. The Labute approximate surface area is 138 Å². The molecule has 23 heavy (non-hydrogen) atoms. The van der Waals surface area contributed by atoms with Gasteiger partial charge in [-0.2, -0.15) is 0 Å². The van der Waals surface area contributed by atoms with Gasteiger partial charge in [-0.05, 0) is 48.4 Å². The van der Waals surface area contributed by atoms with Crippen LogP contribution in [0.2, 0.25) is 5.22 Å². The molecule has 0 aliphatic heterocycles. The van der Waals surface area contributed by atoms with Crippen LogP contribution >= 0.6 is 11.6 Å². The summed E-state index contributed by atoms with van der Waals surface area (Å²) in [6, 6.07) is 9.73. The number of methoxy groups -OCH3 is 1. The largest absolute Gasteiger partial charge is 0.497 e. The number of furan rings is 1. The fraction of sp³-hybridized carbons (Fsp3) is 0.250. The predicted molar refractivity (Wildman–Crippen MR) is 83.8 cm³/mol. The average molecular weight is 338 g/mol. The third-order valence-electron chi connectivity index (χ3n) is 3.40. The van der Waals surface area contributed by atoms with Crippen molar-refractivity contribution in [3.63, 3.8) is 0 Å². The molecule has 0 bridgehead atoms. The van der Waals surface area contributed by atoms with Crippen LogP contribution in [0.25, 0.3) is 0 Å². The van der Waals surface area contributed by atoms with Gasteiger partial charge in [0.15, 0.2) is 11.0 Å². The Bertz CT molecular complexity index is 727. The molecule has 2 rings (SSSR count). The number of carboxylic acids is 1. The van der Waals surface area contributed by atoms with Gasteiger partial charge in [0.25, 0.3) is 5.91 Å². The highest BCUT2D eigenvalue weighted by Crippen LogP contribution is 2.28. The van der Waals surface area contributed by atoms with Crippen molar-refractivity contribution in [3.05, 3.63) is 52.9 Å². The molecule has 0 aliphatic rings. The van der Waals surface area contributed by atoms with E-state index in [1.54, 1.807) is 31.2 Å². The monoisotopic (exact) mass is 337 g/mol. The van der Waals surface area contributed by atoms with Crippen LogP contribution in [0.5, 0.6) is 5.75 Å². The van der Waals surface area contributed by atoms with Crippen LogP contribution in [-0.2, 0) is 10.3 Å². The summed E-state index contributed by atoms with van der Waals surface area (Å²) in [5, 5.41) is 12.0. The van der Waals surface area contributed by atoms with E-state index in [1.807, 2.05) is 0 Å². The highest BCUT2D eigenvalue weighted by Gasteiger charge is 2.33. The van der Waals surface area contributed by atoms with Gasteiger partial charge < -0.3 is 19.6 Å². The number of ether oxygens (including phenoxy) is 1. The zero-order chi connectivity index (χ0) is 17.0. The predicted octanol–water partition coefficient (Wildman–Crippen LogP) is 3.06. The van der Waals surface area contributed by atoms with E-state index in [1.165, 1.54) is 19.2 Å². The number of aliphatic carboxylic acids is 1. The van der Waals surface area contributed by atoms with E-state index >= 15 is 0 Å². The van der Waals surface area contributed by atoms with Crippen molar-refractivity contribution in [2.45, 2.75) is 18.9 Å². The first-order valence-corrected chi connectivity index (χ1v) is 7.16. The standard InChI is InChI=1S/C16H16ClNO5/c1-16(9-14(19)20,10-4-3-5-11(8-10)22-2)18-15(21)12-6-7-13(17)23-12/h3-8H,9H2,1-2H3,(H,18,21)(H,19,20). The molecular weight excluding hydrogens is 322 g/mol. The van der Waals surface area contributed by atoms with Crippen LogP contribution in [0.3, 0.4) is 0 Å². The molecule has 1 unspecified atom stereocenters. The lowest BCUT2D eigenvalue weighted by molar-refractivity contribution is -0.138. The van der Waals surface area contributed by atoms with Crippen LogP contribution in [0.15, 0.2) is 40.8 Å². The number of rotatable bonds is 6. The second kappa shape index (κ2) is 6.75. The quantitative estimate of drug-likeness (QED) is 0.845. The van der Waals surface area contributed by atoms with E-state index in [4.69, 9.17) is 20.8 Å². The van der Waals surface area contributed by atoms with Crippen molar-refractivity contribution in [3.8, 4) is 5.75 Å². The number of carboxylic acid groups (broad SMARTS) is 1. The normalized spacial score (nSPS) is 13.2.